The number of carbonyl (C=O) groups is 2. The SMILES string of the molecule is C[C@@H]1CCCC[C@]12NC(=O)N(CN1CCC[C@@H]3CCCC[C@H]31)C2=O. The fourth-order valence-corrected chi connectivity index (χ4v) is 5.71. The number of fused-ring (bicyclic) bond motifs is 1. The first kappa shape index (κ1) is 16.4. The number of hydrogen-bond donors (Lipinski definition) is 1. The van der Waals surface area contributed by atoms with Gasteiger partial charge in [-0.15, -0.1) is 0 Å². The Bertz CT molecular complexity index is 521. The largest absolute Gasteiger partial charge is 0.326 e. The summed E-state index contributed by atoms with van der Waals surface area (Å²) in [5.41, 5.74) is -0.614. The molecule has 4 rings (SSSR count). The molecule has 4 atom stereocenters. The lowest BCUT2D eigenvalue weighted by Crippen LogP contribution is -2.55. The van der Waals surface area contributed by atoms with Crippen LogP contribution in [0.5, 0.6) is 0 Å². The van der Waals surface area contributed by atoms with Gasteiger partial charge in [0, 0.05) is 12.6 Å². The van der Waals surface area contributed by atoms with E-state index in [1.165, 1.54) is 49.8 Å². The molecule has 0 bridgehead atoms. The number of nitrogens with zero attached hydrogens (tertiary/aromatic N) is 2. The van der Waals surface area contributed by atoms with Crippen LogP contribution in [0.2, 0.25) is 0 Å². The molecule has 2 heterocycles. The zero-order valence-corrected chi connectivity index (χ0v) is 14.9. The summed E-state index contributed by atoms with van der Waals surface area (Å²) in [7, 11) is 0. The highest BCUT2D eigenvalue weighted by Crippen LogP contribution is 2.39. The third kappa shape index (κ3) is 2.56. The quantitative estimate of drug-likeness (QED) is 0.790. The minimum absolute atomic E-state index is 0.0395. The van der Waals surface area contributed by atoms with Gasteiger partial charge < -0.3 is 5.32 Å². The predicted octanol–water partition coefficient (Wildman–Crippen LogP) is 3.10. The number of likely N-dealkylation sites (tertiary alicyclic amines) is 1. The molecule has 24 heavy (non-hydrogen) atoms. The molecule has 0 aromatic rings. The highest BCUT2D eigenvalue weighted by atomic mass is 16.2. The van der Waals surface area contributed by atoms with Crippen LogP contribution in [0.4, 0.5) is 4.79 Å². The number of urea groups is 1. The van der Waals surface area contributed by atoms with E-state index in [1.54, 1.807) is 0 Å². The van der Waals surface area contributed by atoms with Crippen molar-refractivity contribution in [1.29, 1.82) is 0 Å². The smallest absolute Gasteiger partial charge is 0.323 e. The summed E-state index contributed by atoms with van der Waals surface area (Å²) < 4.78 is 0. The van der Waals surface area contributed by atoms with E-state index in [4.69, 9.17) is 0 Å². The molecule has 5 heteroatoms. The van der Waals surface area contributed by atoms with Gasteiger partial charge >= 0.3 is 6.03 Å². The van der Waals surface area contributed by atoms with E-state index in [0.717, 1.165) is 31.7 Å². The second-order valence-corrected chi connectivity index (χ2v) is 8.49. The maximum absolute atomic E-state index is 13.2. The molecule has 2 aliphatic carbocycles. The maximum Gasteiger partial charge on any atom is 0.326 e. The minimum Gasteiger partial charge on any atom is -0.323 e. The van der Waals surface area contributed by atoms with Gasteiger partial charge in [-0.3, -0.25) is 9.69 Å². The molecule has 2 saturated heterocycles. The third-order valence-electron chi connectivity index (χ3n) is 7.18. The van der Waals surface area contributed by atoms with Crippen molar-refractivity contribution in [3.8, 4) is 0 Å². The van der Waals surface area contributed by atoms with Crippen molar-refractivity contribution in [3.63, 3.8) is 0 Å². The Hall–Kier alpha value is -1.10. The van der Waals surface area contributed by atoms with Crippen molar-refractivity contribution in [2.75, 3.05) is 13.2 Å². The minimum atomic E-state index is -0.614. The van der Waals surface area contributed by atoms with E-state index in [9.17, 15) is 9.59 Å². The highest BCUT2D eigenvalue weighted by Gasteiger charge is 2.55. The number of carbonyl (C=O) groups excluding carboxylic acids is 2. The molecule has 0 aromatic heterocycles. The van der Waals surface area contributed by atoms with Crippen LogP contribution >= 0.6 is 0 Å². The standard InChI is InChI=1S/C19H31N3O2/c1-14-7-4-5-11-19(14)17(23)22(18(24)20-19)13-21-12-6-9-15-8-2-3-10-16(15)21/h14-16H,2-13H2,1H3,(H,20,24)/t14-,15+,16-,19+/m1/s1. The fourth-order valence-electron chi connectivity index (χ4n) is 5.71. The Kier molecular flexibility index (Phi) is 4.31. The van der Waals surface area contributed by atoms with Gasteiger partial charge in [-0.1, -0.05) is 32.6 Å². The Labute approximate surface area is 145 Å². The van der Waals surface area contributed by atoms with Crippen LogP contribution in [0.25, 0.3) is 0 Å². The van der Waals surface area contributed by atoms with Crippen molar-refractivity contribution in [3.05, 3.63) is 0 Å². The van der Waals surface area contributed by atoms with Crippen LogP contribution in [0.15, 0.2) is 0 Å². The van der Waals surface area contributed by atoms with Crippen LogP contribution in [0, 0.1) is 11.8 Å². The molecule has 5 nitrogen and oxygen atoms in total. The van der Waals surface area contributed by atoms with Crippen molar-refractivity contribution in [2.45, 2.75) is 82.7 Å². The molecule has 1 N–H and O–H groups in total. The summed E-state index contributed by atoms with van der Waals surface area (Å²) in [5, 5.41) is 3.09. The van der Waals surface area contributed by atoms with Gasteiger partial charge in [0.25, 0.3) is 5.91 Å². The van der Waals surface area contributed by atoms with Gasteiger partial charge in [0.05, 0.1) is 6.67 Å². The molecule has 4 fully saturated rings. The Morgan fingerprint density at radius 2 is 1.79 bits per heavy atom. The highest BCUT2D eigenvalue weighted by molar-refractivity contribution is 6.07. The molecule has 0 unspecified atom stereocenters. The predicted molar refractivity (Wildman–Crippen MR) is 92.3 cm³/mol. The molecule has 0 radical (unpaired) electrons. The zero-order chi connectivity index (χ0) is 16.7. The van der Waals surface area contributed by atoms with Crippen LogP contribution < -0.4 is 5.32 Å². The number of rotatable bonds is 2. The van der Waals surface area contributed by atoms with Gasteiger partial charge in [0.1, 0.15) is 5.54 Å². The summed E-state index contributed by atoms with van der Waals surface area (Å²) in [6, 6.07) is 0.417. The molecule has 2 aliphatic heterocycles. The molecule has 0 aromatic carbocycles. The molecule has 3 amide bonds. The lowest BCUT2D eigenvalue weighted by atomic mass is 9.73. The number of amides is 3. The summed E-state index contributed by atoms with van der Waals surface area (Å²) in [5.74, 6) is 1.06. The van der Waals surface area contributed by atoms with Crippen LogP contribution in [-0.2, 0) is 4.79 Å². The van der Waals surface area contributed by atoms with Crippen molar-refractivity contribution in [2.24, 2.45) is 11.8 Å². The first-order valence-corrected chi connectivity index (χ1v) is 10.00. The van der Waals surface area contributed by atoms with E-state index in [-0.39, 0.29) is 17.9 Å². The van der Waals surface area contributed by atoms with Gasteiger partial charge in [0.2, 0.25) is 0 Å². The van der Waals surface area contributed by atoms with E-state index >= 15 is 0 Å². The van der Waals surface area contributed by atoms with Gasteiger partial charge in [-0.05, 0) is 50.4 Å². The van der Waals surface area contributed by atoms with Crippen LogP contribution in [0.1, 0.15) is 71.1 Å². The Morgan fingerprint density at radius 3 is 2.62 bits per heavy atom. The topological polar surface area (TPSA) is 52.7 Å². The summed E-state index contributed by atoms with van der Waals surface area (Å²) in [6.45, 7) is 3.65. The second-order valence-electron chi connectivity index (χ2n) is 8.49. The Morgan fingerprint density at radius 1 is 1.04 bits per heavy atom. The molecular weight excluding hydrogens is 302 g/mol. The number of imide groups is 1. The lowest BCUT2D eigenvalue weighted by Gasteiger charge is -2.45. The second kappa shape index (κ2) is 6.32. The fraction of sp³-hybridized carbons (Fsp3) is 0.895. The normalized spacial score (nSPS) is 40.7. The van der Waals surface area contributed by atoms with Crippen molar-refractivity contribution in [1.82, 2.24) is 15.1 Å². The van der Waals surface area contributed by atoms with Crippen molar-refractivity contribution < 1.29 is 9.59 Å². The van der Waals surface area contributed by atoms with E-state index in [1.807, 2.05) is 0 Å². The molecule has 2 saturated carbocycles. The maximum atomic E-state index is 13.2. The zero-order valence-electron chi connectivity index (χ0n) is 14.9. The average molecular weight is 333 g/mol. The van der Waals surface area contributed by atoms with Crippen LogP contribution in [-0.4, -0.2) is 46.5 Å². The van der Waals surface area contributed by atoms with E-state index in [0.29, 0.717) is 12.7 Å². The summed E-state index contributed by atoms with van der Waals surface area (Å²) in [6.07, 6.45) is 11.8. The summed E-state index contributed by atoms with van der Waals surface area (Å²) >= 11 is 0. The van der Waals surface area contributed by atoms with Gasteiger partial charge in [0.15, 0.2) is 0 Å². The Balaban J connectivity index is 1.50. The molecule has 134 valence electrons. The van der Waals surface area contributed by atoms with Crippen LogP contribution in [0.3, 0.4) is 0 Å². The number of hydrogen-bond acceptors (Lipinski definition) is 3. The van der Waals surface area contributed by atoms with Gasteiger partial charge in [-0.2, -0.15) is 0 Å². The number of piperidine rings is 1. The number of nitrogens with one attached hydrogen (secondary N) is 1. The molecule has 1 spiro atoms. The monoisotopic (exact) mass is 333 g/mol. The van der Waals surface area contributed by atoms with E-state index < -0.39 is 5.54 Å². The molecular formula is C19H31N3O2. The van der Waals surface area contributed by atoms with Gasteiger partial charge in [-0.25, -0.2) is 9.69 Å². The summed E-state index contributed by atoms with van der Waals surface area (Å²) in [4.78, 5) is 29.7. The lowest BCUT2D eigenvalue weighted by molar-refractivity contribution is -0.136. The van der Waals surface area contributed by atoms with Crippen molar-refractivity contribution >= 4 is 11.9 Å². The average Bonchev–Trinajstić information content (AvgIpc) is 2.83. The molecule has 4 aliphatic rings. The third-order valence-corrected chi connectivity index (χ3v) is 7.18. The first-order valence-electron chi connectivity index (χ1n) is 10.00. The first-order chi connectivity index (χ1) is 11.6. The van der Waals surface area contributed by atoms with E-state index in [2.05, 4.69) is 17.1 Å².